The lowest BCUT2D eigenvalue weighted by Crippen LogP contribution is -2.53. The molecular weight excluding hydrogens is 358 g/mol. The fourth-order valence-corrected chi connectivity index (χ4v) is 6.11. The number of piperidine rings is 1. The molecule has 0 saturated carbocycles. The number of rotatable bonds is 8. The van der Waals surface area contributed by atoms with E-state index in [9.17, 15) is 13.2 Å². The summed E-state index contributed by atoms with van der Waals surface area (Å²) in [7, 11) is -3.43. The van der Waals surface area contributed by atoms with E-state index in [0.29, 0.717) is 23.8 Å². The monoisotopic (exact) mass is 387 g/mol. The third-order valence-corrected chi connectivity index (χ3v) is 8.48. The molecule has 1 aromatic heterocycles. The second kappa shape index (κ2) is 8.62. The molecule has 2 rings (SSSR count). The third kappa shape index (κ3) is 4.81. The van der Waals surface area contributed by atoms with Crippen LogP contribution in [0.3, 0.4) is 0 Å². The Bertz CT molecular complexity index is 667. The van der Waals surface area contributed by atoms with E-state index in [0.717, 1.165) is 37.0 Å². The van der Waals surface area contributed by atoms with Gasteiger partial charge < -0.3 is 11.1 Å². The van der Waals surface area contributed by atoms with Crippen LogP contribution < -0.4 is 11.1 Å². The molecule has 1 aromatic rings. The average molecular weight is 388 g/mol. The Morgan fingerprint density at radius 1 is 1.24 bits per heavy atom. The van der Waals surface area contributed by atoms with Gasteiger partial charge in [0.15, 0.2) is 0 Å². The van der Waals surface area contributed by atoms with Crippen LogP contribution in [-0.4, -0.2) is 43.8 Å². The number of hydrogen-bond donors (Lipinski definition) is 2. The summed E-state index contributed by atoms with van der Waals surface area (Å²) in [5, 5.41) is 3.02. The van der Waals surface area contributed by atoms with Crippen molar-refractivity contribution in [2.24, 2.45) is 5.73 Å². The van der Waals surface area contributed by atoms with Crippen molar-refractivity contribution in [1.29, 1.82) is 0 Å². The molecule has 0 aliphatic carbocycles. The summed E-state index contributed by atoms with van der Waals surface area (Å²) in [6, 6.07) is 3.36. The molecule has 3 N–H and O–H groups in total. The fraction of sp³-hybridized carbons (Fsp3) is 0.706. The second-order valence-electron chi connectivity index (χ2n) is 6.60. The van der Waals surface area contributed by atoms with Crippen molar-refractivity contribution in [2.45, 2.75) is 62.1 Å². The standard InChI is InChI=1S/C17H29N3O3S2/c1-3-17(4-2,13-18)19-15(21)12-14-8-9-16(24-14)25(22,23)20-10-6-5-7-11-20/h8-9H,3-7,10-13,18H2,1-2H3,(H,19,21). The molecule has 1 aliphatic rings. The molecule has 25 heavy (non-hydrogen) atoms. The quantitative estimate of drug-likeness (QED) is 0.714. The molecule has 1 fully saturated rings. The van der Waals surface area contributed by atoms with Crippen LogP contribution in [0, 0.1) is 0 Å². The Labute approximate surface area is 154 Å². The van der Waals surface area contributed by atoms with E-state index >= 15 is 0 Å². The summed E-state index contributed by atoms with van der Waals surface area (Å²) in [5.41, 5.74) is 5.44. The number of carbonyl (C=O) groups is 1. The first kappa shape index (κ1) is 20.4. The highest BCUT2D eigenvalue weighted by atomic mass is 32.2. The summed E-state index contributed by atoms with van der Waals surface area (Å²) in [5.74, 6) is -0.113. The molecule has 1 aliphatic heterocycles. The van der Waals surface area contributed by atoms with Crippen LogP contribution in [0.5, 0.6) is 0 Å². The third-order valence-electron chi connectivity index (χ3n) is 5.03. The van der Waals surface area contributed by atoms with Crippen LogP contribution in [0.4, 0.5) is 0 Å². The van der Waals surface area contributed by atoms with Gasteiger partial charge in [0.1, 0.15) is 4.21 Å². The minimum Gasteiger partial charge on any atom is -0.349 e. The van der Waals surface area contributed by atoms with Crippen molar-refractivity contribution in [1.82, 2.24) is 9.62 Å². The van der Waals surface area contributed by atoms with E-state index in [2.05, 4.69) is 5.32 Å². The summed E-state index contributed by atoms with van der Waals surface area (Å²) < 4.78 is 27.2. The highest BCUT2D eigenvalue weighted by Crippen LogP contribution is 2.27. The molecule has 1 saturated heterocycles. The summed E-state index contributed by atoms with van der Waals surface area (Å²) in [6.45, 7) is 5.57. The van der Waals surface area contributed by atoms with Crippen molar-refractivity contribution in [3.8, 4) is 0 Å². The maximum atomic E-state index is 12.7. The number of sulfonamides is 1. The van der Waals surface area contributed by atoms with Gasteiger partial charge in [-0.05, 0) is 37.8 Å². The molecule has 0 radical (unpaired) electrons. The van der Waals surface area contributed by atoms with Crippen LogP contribution in [0.1, 0.15) is 50.8 Å². The van der Waals surface area contributed by atoms with Crippen LogP contribution in [0.25, 0.3) is 0 Å². The number of hydrogen-bond acceptors (Lipinski definition) is 5. The van der Waals surface area contributed by atoms with Gasteiger partial charge in [-0.25, -0.2) is 8.42 Å². The molecular formula is C17H29N3O3S2. The number of nitrogens with zero attached hydrogens (tertiary/aromatic N) is 1. The van der Waals surface area contributed by atoms with Crippen LogP contribution in [-0.2, 0) is 21.2 Å². The lowest BCUT2D eigenvalue weighted by molar-refractivity contribution is -0.122. The molecule has 0 aromatic carbocycles. The van der Waals surface area contributed by atoms with E-state index in [4.69, 9.17) is 5.73 Å². The fourth-order valence-electron chi connectivity index (χ4n) is 3.09. The molecule has 1 amide bonds. The molecule has 8 heteroatoms. The van der Waals surface area contributed by atoms with Gasteiger partial charge in [-0.15, -0.1) is 11.3 Å². The number of nitrogens with one attached hydrogen (secondary N) is 1. The predicted molar refractivity (Wildman–Crippen MR) is 101 cm³/mol. The van der Waals surface area contributed by atoms with E-state index in [1.54, 1.807) is 16.4 Å². The number of amides is 1. The van der Waals surface area contributed by atoms with E-state index in [1.165, 1.54) is 11.3 Å². The number of carbonyl (C=O) groups excluding carboxylic acids is 1. The molecule has 0 unspecified atom stereocenters. The summed E-state index contributed by atoms with van der Waals surface area (Å²) >= 11 is 1.19. The smallest absolute Gasteiger partial charge is 0.252 e. The minimum atomic E-state index is -3.43. The first-order valence-electron chi connectivity index (χ1n) is 8.97. The number of thiophene rings is 1. The van der Waals surface area contributed by atoms with Crippen molar-refractivity contribution in [3.05, 3.63) is 17.0 Å². The predicted octanol–water partition coefficient (Wildman–Crippen LogP) is 2.10. The largest absolute Gasteiger partial charge is 0.349 e. The topological polar surface area (TPSA) is 92.5 Å². The second-order valence-corrected chi connectivity index (χ2v) is 9.94. The molecule has 0 atom stereocenters. The first-order valence-corrected chi connectivity index (χ1v) is 11.2. The molecule has 2 heterocycles. The van der Waals surface area contributed by atoms with Crippen LogP contribution in [0.2, 0.25) is 0 Å². The van der Waals surface area contributed by atoms with Crippen LogP contribution >= 0.6 is 11.3 Å². The Kier molecular flexibility index (Phi) is 7.01. The molecule has 0 bridgehead atoms. The van der Waals surface area contributed by atoms with Crippen molar-refractivity contribution in [2.75, 3.05) is 19.6 Å². The van der Waals surface area contributed by atoms with Gasteiger partial charge in [-0.2, -0.15) is 4.31 Å². The maximum Gasteiger partial charge on any atom is 0.252 e. The maximum absolute atomic E-state index is 12.7. The molecule has 0 spiro atoms. The van der Waals surface area contributed by atoms with Gasteiger partial charge in [-0.1, -0.05) is 20.3 Å². The Balaban J connectivity index is 2.04. The van der Waals surface area contributed by atoms with Gasteiger partial charge in [0.2, 0.25) is 5.91 Å². The lowest BCUT2D eigenvalue weighted by Gasteiger charge is -2.31. The summed E-state index contributed by atoms with van der Waals surface area (Å²) in [4.78, 5) is 13.1. The van der Waals surface area contributed by atoms with E-state index in [-0.39, 0.29) is 17.9 Å². The van der Waals surface area contributed by atoms with Gasteiger partial charge in [-0.3, -0.25) is 4.79 Å². The van der Waals surface area contributed by atoms with Gasteiger partial charge in [0.05, 0.1) is 12.0 Å². The Morgan fingerprint density at radius 3 is 2.44 bits per heavy atom. The van der Waals surface area contributed by atoms with E-state index in [1.807, 2.05) is 13.8 Å². The minimum absolute atomic E-state index is 0.113. The van der Waals surface area contributed by atoms with Gasteiger partial charge >= 0.3 is 0 Å². The molecule has 6 nitrogen and oxygen atoms in total. The number of nitrogens with two attached hydrogens (primary N) is 1. The van der Waals surface area contributed by atoms with Crippen molar-refractivity contribution < 1.29 is 13.2 Å². The Hall–Kier alpha value is -0.960. The Morgan fingerprint density at radius 2 is 1.88 bits per heavy atom. The van der Waals surface area contributed by atoms with Crippen molar-refractivity contribution >= 4 is 27.3 Å². The lowest BCUT2D eigenvalue weighted by atomic mass is 9.93. The highest BCUT2D eigenvalue weighted by Gasteiger charge is 2.29. The zero-order valence-electron chi connectivity index (χ0n) is 15.1. The van der Waals surface area contributed by atoms with E-state index < -0.39 is 10.0 Å². The normalized spacial score (nSPS) is 16.8. The zero-order valence-corrected chi connectivity index (χ0v) is 16.7. The highest BCUT2D eigenvalue weighted by molar-refractivity contribution is 7.91. The average Bonchev–Trinajstić information content (AvgIpc) is 3.10. The van der Waals surface area contributed by atoms with Crippen LogP contribution in [0.15, 0.2) is 16.3 Å². The van der Waals surface area contributed by atoms with Gasteiger partial charge in [0.25, 0.3) is 10.0 Å². The van der Waals surface area contributed by atoms with Crippen molar-refractivity contribution in [3.63, 3.8) is 0 Å². The first-order chi connectivity index (χ1) is 11.9. The zero-order chi connectivity index (χ0) is 18.5. The molecule has 142 valence electrons. The SMILES string of the molecule is CCC(CC)(CN)NC(=O)Cc1ccc(S(=O)(=O)N2CCCCC2)s1. The summed E-state index contributed by atoms with van der Waals surface area (Å²) in [6.07, 6.45) is 4.63. The van der Waals surface area contributed by atoms with Gasteiger partial charge in [0, 0.05) is 24.5 Å².